The zero-order valence-electron chi connectivity index (χ0n) is 22.0. The van der Waals surface area contributed by atoms with Crippen molar-refractivity contribution in [2.45, 2.75) is 68.9 Å². The largest absolute Gasteiger partial charge is 0.469 e. The highest BCUT2D eigenvalue weighted by Gasteiger charge is 2.40. The fourth-order valence-electron chi connectivity index (χ4n) is 4.43. The lowest BCUT2D eigenvalue weighted by Crippen LogP contribution is -2.61. The molecule has 0 aromatic heterocycles. The van der Waals surface area contributed by atoms with Crippen LogP contribution in [0, 0.1) is 0 Å². The van der Waals surface area contributed by atoms with Gasteiger partial charge in [-0.1, -0.05) is 0 Å². The van der Waals surface area contributed by atoms with Gasteiger partial charge in [0.2, 0.25) is 23.6 Å². The van der Waals surface area contributed by atoms with Crippen LogP contribution in [0.2, 0.25) is 0 Å². The molecule has 0 spiro atoms. The van der Waals surface area contributed by atoms with Crippen molar-refractivity contribution < 1.29 is 66.8 Å². The van der Waals surface area contributed by atoms with E-state index in [4.69, 9.17) is 25.3 Å². The van der Waals surface area contributed by atoms with E-state index in [-0.39, 0.29) is 19.5 Å². The Bertz CT molecular complexity index is 1080. The van der Waals surface area contributed by atoms with Gasteiger partial charge >= 0.3 is 15.6 Å². The minimum Gasteiger partial charge on any atom is -0.391 e. The molecule has 0 saturated carbocycles. The van der Waals surface area contributed by atoms with Crippen molar-refractivity contribution in [3.63, 3.8) is 0 Å². The zero-order chi connectivity index (χ0) is 31.1. The second kappa shape index (κ2) is 14.7. The topological polar surface area (TPSA) is 296 Å². The van der Waals surface area contributed by atoms with Gasteiger partial charge < -0.3 is 55.6 Å². The first-order valence-corrected chi connectivity index (χ1v) is 15.5. The molecule has 234 valence electrons. The van der Waals surface area contributed by atoms with Gasteiger partial charge in [-0.2, -0.15) is 0 Å². The molecule has 6 atom stereocenters. The number of nitrogens with one attached hydrogen (secondary N) is 2. The summed E-state index contributed by atoms with van der Waals surface area (Å²) in [6, 6.07) is -6.93. The molecule has 2 aliphatic rings. The first-order valence-electron chi connectivity index (χ1n) is 12.5. The number of nitrogens with two attached hydrogens (primary N) is 1. The van der Waals surface area contributed by atoms with Gasteiger partial charge in [0, 0.05) is 13.1 Å². The number of aldehydes is 1. The van der Waals surface area contributed by atoms with Crippen molar-refractivity contribution in [1.29, 1.82) is 0 Å². The maximum atomic E-state index is 13.1. The van der Waals surface area contributed by atoms with E-state index < -0.39 is 88.8 Å². The number of likely N-dealkylation sites (tertiary alicyclic amines) is 2. The fraction of sp³-hybridized carbons (Fsp3) is 0.750. The number of rotatable bonds is 14. The van der Waals surface area contributed by atoms with Crippen LogP contribution in [0.4, 0.5) is 0 Å². The predicted molar refractivity (Wildman–Crippen MR) is 135 cm³/mol. The molecule has 21 heteroatoms. The summed E-state index contributed by atoms with van der Waals surface area (Å²) in [5.74, 6) is -3.76. The number of hydrogen-bond donors (Lipinski definition) is 8. The van der Waals surface area contributed by atoms with E-state index >= 15 is 0 Å². The summed E-state index contributed by atoms with van der Waals surface area (Å²) < 4.78 is 30.8. The highest BCUT2D eigenvalue weighted by atomic mass is 31.2. The average molecular weight is 631 g/mol. The Morgan fingerprint density at radius 1 is 0.951 bits per heavy atom. The van der Waals surface area contributed by atoms with Crippen LogP contribution in [-0.2, 0) is 42.2 Å². The third-order valence-corrected chi connectivity index (χ3v) is 7.37. The Hall–Kier alpha value is -2.31. The van der Waals surface area contributed by atoms with E-state index in [0.29, 0.717) is 25.5 Å². The molecule has 2 aliphatic heterocycles. The summed E-state index contributed by atoms with van der Waals surface area (Å²) in [4.78, 5) is 101. The first kappa shape index (κ1) is 34.9. The van der Waals surface area contributed by atoms with E-state index in [9.17, 15) is 38.2 Å². The van der Waals surface area contributed by atoms with E-state index in [2.05, 4.69) is 19.7 Å². The number of hydrogen-bond acceptors (Lipinski definition) is 11. The predicted octanol–water partition coefficient (Wildman–Crippen LogP) is -3.94. The van der Waals surface area contributed by atoms with E-state index in [0.717, 1.165) is 16.7 Å². The molecule has 41 heavy (non-hydrogen) atoms. The molecule has 0 aromatic carbocycles. The smallest absolute Gasteiger partial charge is 0.391 e. The normalized spacial score (nSPS) is 22.5. The van der Waals surface area contributed by atoms with Crippen LogP contribution in [0.25, 0.3) is 0 Å². The summed E-state index contributed by atoms with van der Waals surface area (Å²) in [5.41, 5.74) is 5.66. The number of phosphoric ester groups is 2. The van der Waals surface area contributed by atoms with Crippen LogP contribution in [0.1, 0.15) is 32.6 Å². The number of aliphatic hydroxyl groups excluding tert-OH is 1. The highest BCUT2D eigenvalue weighted by Crippen LogP contribution is 2.36. The highest BCUT2D eigenvalue weighted by molar-refractivity contribution is 7.46. The van der Waals surface area contributed by atoms with Gasteiger partial charge in [0.05, 0.1) is 25.4 Å². The fourth-order valence-corrected chi connectivity index (χ4v) is 5.13. The SMILES string of the molecule is C[C@@H](O)[C@H](NC(=O)[C@@H]1CCCN1C(=O)[C@@H](N)COP(=O)(O)O)C(=O)N[C@@H](COP(=O)(O)O)C(=O)N1CCC[C@H]1C=O. The molecule has 2 fully saturated rings. The van der Waals surface area contributed by atoms with Crippen molar-refractivity contribution in [3.05, 3.63) is 0 Å². The monoisotopic (exact) mass is 631 g/mol. The van der Waals surface area contributed by atoms with E-state index in [1.807, 2.05) is 0 Å². The second-order valence-electron chi connectivity index (χ2n) is 9.53. The summed E-state index contributed by atoms with van der Waals surface area (Å²) in [5, 5.41) is 14.7. The third-order valence-electron chi connectivity index (χ3n) is 6.40. The third kappa shape index (κ3) is 10.5. The molecule has 2 rings (SSSR count). The number of nitrogens with zero attached hydrogens (tertiary/aromatic N) is 2. The van der Waals surface area contributed by atoms with Crippen LogP contribution >= 0.6 is 15.6 Å². The maximum Gasteiger partial charge on any atom is 0.469 e. The summed E-state index contributed by atoms with van der Waals surface area (Å²) >= 11 is 0. The Labute approximate surface area is 234 Å². The summed E-state index contributed by atoms with van der Waals surface area (Å²) in [7, 11) is -10.00. The van der Waals surface area contributed by atoms with Gasteiger partial charge in [-0.25, -0.2) is 9.13 Å². The van der Waals surface area contributed by atoms with Gasteiger partial charge in [-0.05, 0) is 32.6 Å². The van der Waals surface area contributed by atoms with Gasteiger partial charge in [0.25, 0.3) is 0 Å². The Morgan fingerprint density at radius 3 is 2.07 bits per heavy atom. The number of amides is 4. The second-order valence-corrected chi connectivity index (χ2v) is 12.0. The van der Waals surface area contributed by atoms with Crippen molar-refractivity contribution in [2.75, 3.05) is 26.3 Å². The molecular weight excluding hydrogens is 596 g/mol. The van der Waals surface area contributed by atoms with Crippen molar-refractivity contribution >= 4 is 45.6 Å². The lowest BCUT2D eigenvalue weighted by Gasteiger charge is -2.30. The minimum atomic E-state index is -5.09. The van der Waals surface area contributed by atoms with Crippen LogP contribution in [-0.4, -0.2) is 127 Å². The molecule has 2 heterocycles. The lowest BCUT2D eigenvalue weighted by atomic mass is 10.1. The molecule has 9 N–H and O–H groups in total. The first-order chi connectivity index (χ1) is 18.9. The van der Waals surface area contributed by atoms with Crippen LogP contribution in [0.5, 0.6) is 0 Å². The van der Waals surface area contributed by atoms with Gasteiger partial charge in [0.1, 0.15) is 30.5 Å². The number of phosphoric acid groups is 2. The zero-order valence-corrected chi connectivity index (χ0v) is 23.8. The van der Waals surface area contributed by atoms with Gasteiger partial charge in [-0.15, -0.1) is 0 Å². The van der Waals surface area contributed by atoms with Crippen LogP contribution < -0.4 is 16.4 Å². The molecule has 2 saturated heterocycles. The van der Waals surface area contributed by atoms with E-state index in [1.165, 1.54) is 0 Å². The lowest BCUT2D eigenvalue weighted by molar-refractivity contribution is -0.143. The molecule has 0 aromatic rings. The number of carbonyl (C=O) groups is 5. The molecule has 4 amide bonds. The van der Waals surface area contributed by atoms with Gasteiger partial charge in [0.15, 0.2) is 0 Å². The molecule has 0 aliphatic carbocycles. The van der Waals surface area contributed by atoms with Crippen molar-refractivity contribution in [1.82, 2.24) is 20.4 Å². The van der Waals surface area contributed by atoms with Crippen molar-refractivity contribution in [2.24, 2.45) is 5.73 Å². The standard InChI is InChI=1S/C20H35N5O14P2/c1-11(27)16(23-17(28)15-5-3-7-25(15)19(30)13(21)9-38-40(32,33)34)18(29)22-14(10-39-41(35,36)37)20(31)24-6-2-4-12(24)8-26/h8,11-16,27H,2-7,9-10,21H2,1H3,(H,22,29)(H,23,28)(H2,32,33,34)(H2,35,36,37)/t11-,12+,13+,14+,15+,16+/m1/s1. The van der Waals surface area contributed by atoms with Crippen LogP contribution in [0.3, 0.4) is 0 Å². The summed E-state index contributed by atoms with van der Waals surface area (Å²) in [6.07, 6.45) is 0.227. The van der Waals surface area contributed by atoms with E-state index in [1.54, 1.807) is 0 Å². The molecule has 0 bridgehead atoms. The number of aliphatic hydroxyl groups is 1. The molecule has 0 radical (unpaired) electrons. The maximum absolute atomic E-state index is 13.1. The molecule has 19 nitrogen and oxygen atoms in total. The summed E-state index contributed by atoms with van der Waals surface area (Å²) in [6.45, 7) is -0.495. The Kier molecular flexibility index (Phi) is 12.5. The Morgan fingerprint density at radius 2 is 1.51 bits per heavy atom. The molecular formula is C20H35N5O14P2. The number of carbonyl (C=O) groups excluding carboxylic acids is 5. The molecule has 0 unspecified atom stereocenters. The quantitative estimate of drug-likeness (QED) is 0.0671. The van der Waals surface area contributed by atoms with Crippen molar-refractivity contribution in [3.8, 4) is 0 Å². The Balaban J connectivity index is 2.15. The van der Waals surface area contributed by atoms with Crippen LogP contribution in [0.15, 0.2) is 0 Å². The minimum absolute atomic E-state index is 0.0517. The van der Waals surface area contributed by atoms with Gasteiger partial charge in [-0.3, -0.25) is 28.2 Å². The average Bonchev–Trinajstić information content (AvgIpc) is 3.55.